The predicted molar refractivity (Wildman–Crippen MR) is 83.9 cm³/mol. The second-order valence-electron chi connectivity index (χ2n) is 5.24. The lowest BCUT2D eigenvalue weighted by Gasteiger charge is -2.33. The Hall–Kier alpha value is -2.54. The van der Waals surface area contributed by atoms with Crippen molar-refractivity contribution >= 4 is 17.4 Å². The molecule has 1 fully saturated rings. The van der Waals surface area contributed by atoms with Gasteiger partial charge in [-0.2, -0.15) is 0 Å². The Morgan fingerprint density at radius 3 is 2.55 bits per heavy atom. The summed E-state index contributed by atoms with van der Waals surface area (Å²) in [6.07, 6.45) is 6.12. The molecule has 0 bridgehead atoms. The van der Waals surface area contributed by atoms with Gasteiger partial charge in [0.15, 0.2) is 0 Å². The Morgan fingerprint density at radius 2 is 1.91 bits per heavy atom. The third-order valence-electron chi connectivity index (χ3n) is 3.63. The van der Waals surface area contributed by atoms with E-state index in [1.165, 1.54) is 18.6 Å². The highest BCUT2D eigenvalue weighted by atomic mass is 16.1. The fourth-order valence-electron chi connectivity index (χ4n) is 2.29. The molecule has 0 saturated carbocycles. The second kappa shape index (κ2) is 6.48. The zero-order valence-corrected chi connectivity index (χ0v) is 12.4. The van der Waals surface area contributed by atoms with Crippen LogP contribution in [0.4, 0.5) is 11.5 Å². The number of amides is 1. The van der Waals surface area contributed by atoms with Crippen molar-refractivity contribution < 1.29 is 4.79 Å². The van der Waals surface area contributed by atoms with Crippen LogP contribution >= 0.6 is 0 Å². The Balaban J connectivity index is 1.63. The molecule has 2 aromatic heterocycles. The van der Waals surface area contributed by atoms with Gasteiger partial charge in [0.05, 0.1) is 18.1 Å². The maximum Gasteiger partial charge on any atom is 0.275 e. The Morgan fingerprint density at radius 1 is 1.09 bits per heavy atom. The zero-order valence-electron chi connectivity index (χ0n) is 12.4. The van der Waals surface area contributed by atoms with Crippen molar-refractivity contribution in [2.45, 2.75) is 0 Å². The highest BCUT2D eigenvalue weighted by Gasteiger charge is 2.15. The first-order valence-corrected chi connectivity index (χ1v) is 7.19. The summed E-state index contributed by atoms with van der Waals surface area (Å²) in [5, 5.41) is 2.76. The molecule has 1 amide bonds. The molecule has 0 atom stereocenters. The number of carbonyl (C=O) groups excluding carboxylic acids is 1. The molecule has 0 radical (unpaired) electrons. The molecule has 1 aliphatic heterocycles. The number of carbonyl (C=O) groups is 1. The minimum atomic E-state index is -0.290. The van der Waals surface area contributed by atoms with E-state index in [-0.39, 0.29) is 11.6 Å². The van der Waals surface area contributed by atoms with Crippen LogP contribution in [0.5, 0.6) is 0 Å². The van der Waals surface area contributed by atoms with Gasteiger partial charge < -0.3 is 15.1 Å². The number of nitrogens with zero attached hydrogens (tertiary/aromatic N) is 5. The van der Waals surface area contributed by atoms with Gasteiger partial charge in [0.25, 0.3) is 5.91 Å². The Labute approximate surface area is 129 Å². The molecule has 22 heavy (non-hydrogen) atoms. The summed E-state index contributed by atoms with van der Waals surface area (Å²) in [5.41, 5.74) is 0.930. The summed E-state index contributed by atoms with van der Waals surface area (Å²) in [7, 11) is 2.12. The number of rotatable bonds is 3. The molecule has 7 nitrogen and oxygen atoms in total. The van der Waals surface area contributed by atoms with E-state index in [2.05, 4.69) is 37.1 Å². The molecule has 2 aromatic rings. The molecule has 1 saturated heterocycles. The molecule has 0 unspecified atom stereocenters. The third-order valence-corrected chi connectivity index (χ3v) is 3.63. The number of hydrogen-bond donors (Lipinski definition) is 1. The van der Waals surface area contributed by atoms with E-state index in [0.717, 1.165) is 32.0 Å². The predicted octanol–water partition coefficient (Wildman–Crippen LogP) is 0.876. The smallest absolute Gasteiger partial charge is 0.275 e. The number of aromatic nitrogens is 3. The summed E-state index contributed by atoms with van der Waals surface area (Å²) in [5.74, 6) is 0.646. The summed E-state index contributed by atoms with van der Waals surface area (Å²) in [4.78, 5) is 28.8. The van der Waals surface area contributed by atoms with Crippen molar-refractivity contribution in [3.63, 3.8) is 0 Å². The molecular formula is C15H18N6O. The molecule has 7 heteroatoms. The van der Waals surface area contributed by atoms with Crippen LogP contribution in [0, 0.1) is 0 Å². The number of pyridine rings is 1. The number of piperazine rings is 1. The van der Waals surface area contributed by atoms with Crippen LogP contribution in [-0.2, 0) is 0 Å². The van der Waals surface area contributed by atoms with Crippen LogP contribution in [0.3, 0.4) is 0 Å². The standard InChI is InChI=1S/C15H18N6O/c1-20-6-8-21(9-7-20)14-3-2-12(10-18-14)19-15(22)13-11-16-4-5-17-13/h2-5,10-11H,6-9H2,1H3,(H,19,22). The van der Waals surface area contributed by atoms with E-state index in [0.29, 0.717) is 5.69 Å². The Kier molecular flexibility index (Phi) is 4.24. The fraction of sp³-hybridized carbons (Fsp3) is 0.333. The van der Waals surface area contributed by atoms with Crippen LogP contribution in [0.1, 0.15) is 10.5 Å². The van der Waals surface area contributed by atoms with Crippen molar-refractivity contribution in [2.24, 2.45) is 0 Å². The lowest BCUT2D eigenvalue weighted by Crippen LogP contribution is -2.44. The normalized spacial score (nSPS) is 15.6. The zero-order chi connectivity index (χ0) is 15.4. The quantitative estimate of drug-likeness (QED) is 0.906. The maximum absolute atomic E-state index is 12.0. The van der Waals surface area contributed by atoms with Crippen molar-refractivity contribution in [1.82, 2.24) is 19.9 Å². The number of likely N-dealkylation sites (N-methyl/N-ethyl adjacent to an activating group) is 1. The molecule has 0 aromatic carbocycles. The van der Waals surface area contributed by atoms with Crippen LogP contribution in [-0.4, -0.2) is 59.0 Å². The third kappa shape index (κ3) is 3.37. The summed E-state index contributed by atoms with van der Waals surface area (Å²) in [6, 6.07) is 3.78. The van der Waals surface area contributed by atoms with Crippen molar-refractivity contribution in [3.8, 4) is 0 Å². The van der Waals surface area contributed by atoms with Crippen molar-refractivity contribution in [3.05, 3.63) is 42.6 Å². The first-order chi connectivity index (χ1) is 10.7. The van der Waals surface area contributed by atoms with Crippen molar-refractivity contribution in [1.29, 1.82) is 0 Å². The highest BCUT2D eigenvalue weighted by Crippen LogP contribution is 2.16. The average molecular weight is 298 g/mol. The molecule has 3 rings (SSSR count). The van der Waals surface area contributed by atoms with Gasteiger partial charge in [0, 0.05) is 38.6 Å². The van der Waals surface area contributed by atoms with Crippen LogP contribution in [0.2, 0.25) is 0 Å². The van der Waals surface area contributed by atoms with Crippen LogP contribution in [0.15, 0.2) is 36.9 Å². The van der Waals surface area contributed by atoms with E-state index in [1.807, 2.05) is 12.1 Å². The fourth-order valence-corrected chi connectivity index (χ4v) is 2.29. The first kappa shape index (κ1) is 14.4. The second-order valence-corrected chi connectivity index (χ2v) is 5.24. The number of hydrogen-bond acceptors (Lipinski definition) is 6. The van der Waals surface area contributed by atoms with Crippen molar-refractivity contribution in [2.75, 3.05) is 43.4 Å². The van der Waals surface area contributed by atoms with Gasteiger partial charge in [-0.05, 0) is 19.2 Å². The molecule has 0 spiro atoms. The number of nitrogens with one attached hydrogen (secondary N) is 1. The van der Waals surface area contributed by atoms with Gasteiger partial charge in [-0.1, -0.05) is 0 Å². The number of anilines is 2. The van der Waals surface area contributed by atoms with E-state index < -0.39 is 0 Å². The van der Waals surface area contributed by atoms with Gasteiger partial charge in [-0.25, -0.2) is 9.97 Å². The minimum absolute atomic E-state index is 0.283. The van der Waals surface area contributed by atoms with Gasteiger partial charge >= 0.3 is 0 Å². The lowest BCUT2D eigenvalue weighted by molar-refractivity contribution is 0.102. The molecule has 1 aliphatic rings. The van der Waals surface area contributed by atoms with Gasteiger partial charge in [0.1, 0.15) is 11.5 Å². The van der Waals surface area contributed by atoms with E-state index in [1.54, 1.807) is 6.20 Å². The van der Waals surface area contributed by atoms with Crippen LogP contribution in [0.25, 0.3) is 0 Å². The van der Waals surface area contributed by atoms with Crippen LogP contribution < -0.4 is 10.2 Å². The topological polar surface area (TPSA) is 74.2 Å². The molecule has 114 valence electrons. The average Bonchev–Trinajstić information content (AvgIpc) is 2.57. The minimum Gasteiger partial charge on any atom is -0.354 e. The maximum atomic E-state index is 12.0. The van der Waals surface area contributed by atoms with E-state index in [9.17, 15) is 4.79 Å². The van der Waals surface area contributed by atoms with Gasteiger partial charge in [0.2, 0.25) is 0 Å². The lowest BCUT2D eigenvalue weighted by atomic mass is 10.3. The summed E-state index contributed by atoms with van der Waals surface area (Å²) in [6.45, 7) is 4.00. The molecule has 1 N–H and O–H groups in total. The monoisotopic (exact) mass is 298 g/mol. The van der Waals surface area contributed by atoms with E-state index in [4.69, 9.17) is 0 Å². The summed E-state index contributed by atoms with van der Waals surface area (Å²) >= 11 is 0. The molecule has 0 aliphatic carbocycles. The Bertz CT molecular complexity index is 622. The van der Waals surface area contributed by atoms with Gasteiger partial charge in [-0.15, -0.1) is 0 Å². The first-order valence-electron chi connectivity index (χ1n) is 7.19. The van der Waals surface area contributed by atoms with E-state index >= 15 is 0 Å². The summed E-state index contributed by atoms with van der Waals surface area (Å²) < 4.78 is 0. The largest absolute Gasteiger partial charge is 0.354 e. The van der Waals surface area contributed by atoms with Gasteiger partial charge in [-0.3, -0.25) is 9.78 Å². The highest BCUT2D eigenvalue weighted by molar-refractivity contribution is 6.02. The molecular weight excluding hydrogens is 280 g/mol. The SMILES string of the molecule is CN1CCN(c2ccc(NC(=O)c3cnccn3)cn2)CC1. The molecule has 3 heterocycles.